The Kier molecular flexibility index (Phi) is 4.48. The van der Waals surface area contributed by atoms with Gasteiger partial charge in [-0.3, -0.25) is 0 Å². The predicted molar refractivity (Wildman–Crippen MR) is 143 cm³/mol. The highest BCUT2D eigenvalue weighted by Gasteiger charge is 2.39. The molecule has 0 saturated carbocycles. The van der Waals surface area contributed by atoms with Crippen molar-refractivity contribution in [1.82, 2.24) is 9.97 Å². The number of aromatic nitrogens is 2. The van der Waals surface area contributed by atoms with Crippen LogP contribution in [0.25, 0.3) is 43.9 Å². The normalized spacial score (nSPS) is 14.4. The Bertz CT molecular complexity index is 1580. The molecule has 2 heteroatoms. The van der Waals surface area contributed by atoms with Crippen molar-refractivity contribution in [3.8, 4) is 22.4 Å². The van der Waals surface area contributed by atoms with E-state index in [0.717, 1.165) is 17.8 Å². The minimum absolute atomic E-state index is 0.172. The highest BCUT2D eigenvalue weighted by molar-refractivity contribution is 6.03. The van der Waals surface area contributed by atoms with Crippen molar-refractivity contribution in [3.05, 3.63) is 95.9 Å². The third-order valence-corrected chi connectivity index (χ3v) is 7.26. The smallest absolute Gasteiger partial charge is 0.116 e. The van der Waals surface area contributed by atoms with Gasteiger partial charge < -0.3 is 0 Å². The second-order valence-electron chi connectivity index (χ2n) is 11.4. The van der Waals surface area contributed by atoms with Gasteiger partial charge in [-0.2, -0.15) is 0 Å². The molecule has 1 aromatic heterocycles. The van der Waals surface area contributed by atoms with Crippen LogP contribution in [0.4, 0.5) is 0 Å². The van der Waals surface area contributed by atoms with Crippen LogP contribution < -0.4 is 0 Å². The molecule has 0 unspecified atom stereocenters. The zero-order valence-electron chi connectivity index (χ0n) is 20.6. The van der Waals surface area contributed by atoms with Gasteiger partial charge in [0.2, 0.25) is 0 Å². The van der Waals surface area contributed by atoms with E-state index in [1.165, 1.54) is 49.4 Å². The van der Waals surface area contributed by atoms with Gasteiger partial charge in [-0.25, -0.2) is 9.97 Å². The Morgan fingerprint density at radius 1 is 0.735 bits per heavy atom. The average Bonchev–Trinajstić information content (AvgIpc) is 3.03. The van der Waals surface area contributed by atoms with Crippen molar-refractivity contribution >= 4 is 21.5 Å². The molecular formula is C32H30N2. The summed E-state index contributed by atoms with van der Waals surface area (Å²) < 4.78 is 0. The molecule has 0 atom stereocenters. The van der Waals surface area contributed by atoms with Crippen LogP contribution in [0.15, 0.2) is 79.1 Å². The van der Waals surface area contributed by atoms with Gasteiger partial charge in [-0.05, 0) is 62.2 Å². The lowest BCUT2D eigenvalue weighted by atomic mass is 9.84. The molecule has 0 radical (unpaired) electrons. The van der Waals surface area contributed by atoms with Crippen molar-refractivity contribution in [2.75, 3.05) is 0 Å². The maximum Gasteiger partial charge on any atom is 0.116 e. The second kappa shape index (κ2) is 7.24. The summed E-state index contributed by atoms with van der Waals surface area (Å²) in [5, 5.41) is 5.11. The van der Waals surface area contributed by atoms with Gasteiger partial charge >= 0.3 is 0 Å². The zero-order chi connectivity index (χ0) is 23.7. The number of rotatable bonds is 2. The lowest BCUT2D eigenvalue weighted by molar-refractivity contribution is 0.412. The fourth-order valence-electron chi connectivity index (χ4n) is 5.72. The molecule has 1 aliphatic carbocycles. The van der Waals surface area contributed by atoms with E-state index in [1.54, 1.807) is 6.33 Å². The summed E-state index contributed by atoms with van der Waals surface area (Å²) in [5.74, 6) is 0. The van der Waals surface area contributed by atoms with Crippen molar-refractivity contribution in [2.24, 2.45) is 5.41 Å². The van der Waals surface area contributed by atoms with Crippen molar-refractivity contribution in [1.29, 1.82) is 0 Å². The van der Waals surface area contributed by atoms with Crippen LogP contribution in [0, 0.1) is 5.41 Å². The molecule has 34 heavy (non-hydrogen) atoms. The summed E-state index contributed by atoms with van der Waals surface area (Å²) in [7, 11) is 0. The summed E-state index contributed by atoms with van der Waals surface area (Å²) in [6.07, 6.45) is 2.79. The Hall–Kier alpha value is -3.52. The van der Waals surface area contributed by atoms with Crippen LogP contribution in [0.3, 0.4) is 0 Å². The van der Waals surface area contributed by atoms with E-state index in [4.69, 9.17) is 9.97 Å². The highest BCUT2D eigenvalue weighted by atomic mass is 14.9. The van der Waals surface area contributed by atoms with E-state index < -0.39 is 0 Å². The van der Waals surface area contributed by atoms with Crippen molar-refractivity contribution < 1.29 is 0 Å². The standard InChI is InChI=1S/C32H30N2/c1-31(2,3)18-22-12-8-14-24-23(22)13-9-15-25(24)29-28-26-16-20-10-6-7-11-21(20)17-27(26)32(4,5)30(28)34-19-33-29/h6-17,19H,18H2,1-5H3. The van der Waals surface area contributed by atoms with Crippen LogP contribution in [-0.4, -0.2) is 9.97 Å². The molecule has 1 heterocycles. The Morgan fingerprint density at radius 3 is 2.21 bits per heavy atom. The van der Waals surface area contributed by atoms with E-state index >= 15 is 0 Å². The fraction of sp³-hybridized carbons (Fsp3) is 0.250. The number of nitrogens with zero attached hydrogens (tertiary/aromatic N) is 2. The quantitative estimate of drug-likeness (QED) is 0.274. The van der Waals surface area contributed by atoms with E-state index in [1.807, 2.05) is 0 Å². The topological polar surface area (TPSA) is 25.8 Å². The van der Waals surface area contributed by atoms with Crippen LogP contribution in [0.2, 0.25) is 0 Å². The van der Waals surface area contributed by atoms with Gasteiger partial charge in [0, 0.05) is 16.5 Å². The van der Waals surface area contributed by atoms with Crippen LogP contribution >= 0.6 is 0 Å². The second-order valence-corrected chi connectivity index (χ2v) is 11.4. The first-order valence-electron chi connectivity index (χ1n) is 12.1. The Morgan fingerprint density at radius 2 is 1.44 bits per heavy atom. The van der Waals surface area contributed by atoms with Gasteiger partial charge in [-0.15, -0.1) is 0 Å². The molecule has 0 saturated heterocycles. The van der Waals surface area contributed by atoms with Crippen LogP contribution in [-0.2, 0) is 11.8 Å². The maximum atomic E-state index is 4.91. The molecule has 0 fully saturated rings. The molecular weight excluding hydrogens is 412 g/mol. The van der Waals surface area contributed by atoms with Crippen molar-refractivity contribution in [2.45, 2.75) is 46.5 Å². The Labute approximate surface area is 201 Å². The third-order valence-electron chi connectivity index (χ3n) is 7.26. The SMILES string of the molecule is CC(C)(C)Cc1cccc2c(-c3ncnc4c3-c3cc5ccccc5cc3C4(C)C)cccc12. The lowest BCUT2D eigenvalue weighted by Gasteiger charge is -2.21. The first-order valence-corrected chi connectivity index (χ1v) is 12.1. The number of benzene rings is 4. The number of hydrogen-bond donors (Lipinski definition) is 0. The minimum Gasteiger partial charge on any atom is -0.240 e. The van der Waals surface area contributed by atoms with Gasteiger partial charge in [0.25, 0.3) is 0 Å². The van der Waals surface area contributed by atoms with Gasteiger partial charge in [0.15, 0.2) is 0 Å². The van der Waals surface area contributed by atoms with Gasteiger partial charge in [-0.1, -0.05) is 95.3 Å². The Balaban J connectivity index is 1.64. The number of fused-ring (bicyclic) bond motifs is 5. The molecule has 0 spiro atoms. The summed E-state index contributed by atoms with van der Waals surface area (Å²) in [6.45, 7) is 11.5. The van der Waals surface area contributed by atoms with Gasteiger partial charge in [0.1, 0.15) is 6.33 Å². The number of hydrogen-bond acceptors (Lipinski definition) is 2. The first-order chi connectivity index (χ1) is 16.2. The summed E-state index contributed by atoms with van der Waals surface area (Å²) in [4.78, 5) is 9.75. The van der Waals surface area contributed by atoms with E-state index in [2.05, 4.69) is 107 Å². The minimum atomic E-state index is -0.172. The first kappa shape index (κ1) is 21.0. The van der Waals surface area contributed by atoms with E-state index in [9.17, 15) is 0 Å². The molecule has 5 aromatic rings. The average molecular weight is 443 g/mol. The molecule has 168 valence electrons. The van der Waals surface area contributed by atoms with Crippen molar-refractivity contribution in [3.63, 3.8) is 0 Å². The molecule has 4 aromatic carbocycles. The summed E-state index contributed by atoms with van der Waals surface area (Å²) in [6, 6.07) is 26.7. The summed E-state index contributed by atoms with van der Waals surface area (Å²) in [5.41, 5.74) is 8.55. The molecule has 0 N–H and O–H groups in total. The molecule has 0 aliphatic heterocycles. The van der Waals surface area contributed by atoms with Crippen LogP contribution in [0.5, 0.6) is 0 Å². The maximum absolute atomic E-state index is 4.91. The molecule has 2 nitrogen and oxygen atoms in total. The molecule has 0 bridgehead atoms. The molecule has 6 rings (SSSR count). The van der Waals surface area contributed by atoms with E-state index in [-0.39, 0.29) is 10.8 Å². The lowest BCUT2D eigenvalue weighted by Crippen LogP contribution is -2.17. The monoisotopic (exact) mass is 442 g/mol. The third kappa shape index (κ3) is 3.16. The predicted octanol–water partition coefficient (Wildman–Crippen LogP) is 8.34. The highest BCUT2D eigenvalue weighted by Crippen LogP contribution is 2.52. The fourth-order valence-corrected chi connectivity index (χ4v) is 5.72. The molecule has 0 amide bonds. The van der Waals surface area contributed by atoms with E-state index in [0.29, 0.717) is 0 Å². The van der Waals surface area contributed by atoms with Gasteiger partial charge in [0.05, 0.1) is 11.4 Å². The largest absolute Gasteiger partial charge is 0.240 e. The zero-order valence-corrected chi connectivity index (χ0v) is 20.6. The molecule has 1 aliphatic rings. The van der Waals surface area contributed by atoms with Crippen LogP contribution in [0.1, 0.15) is 51.4 Å². The summed E-state index contributed by atoms with van der Waals surface area (Å²) >= 11 is 0.